The predicted octanol–water partition coefficient (Wildman–Crippen LogP) is 1.58. The molecule has 0 saturated heterocycles. The van der Waals surface area contributed by atoms with Gasteiger partial charge in [0.05, 0.1) is 16.6 Å². The fraction of sp³-hybridized carbons (Fsp3) is 0.400. The highest BCUT2D eigenvalue weighted by molar-refractivity contribution is 6.00. The lowest BCUT2D eigenvalue weighted by Crippen LogP contribution is -2.38. The van der Waals surface area contributed by atoms with Crippen molar-refractivity contribution in [3.05, 3.63) is 44.5 Å². The Morgan fingerprint density at radius 2 is 2.10 bits per heavy atom. The fourth-order valence-corrected chi connectivity index (χ4v) is 2.79. The van der Waals surface area contributed by atoms with E-state index in [-0.39, 0.29) is 11.0 Å². The van der Waals surface area contributed by atoms with Crippen LogP contribution < -0.4 is 11.1 Å². The van der Waals surface area contributed by atoms with Crippen LogP contribution in [0.2, 0.25) is 0 Å². The van der Waals surface area contributed by atoms with Gasteiger partial charge in [0, 0.05) is 6.54 Å². The first kappa shape index (κ1) is 13.6. The smallest absolute Gasteiger partial charge is 0.337 e. The number of hydrogen-bond donors (Lipinski definition) is 2. The van der Waals surface area contributed by atoms with Gasteiger partial charge in [-0.3, -0.25) is 9.59 Å². The molecular weight excluding hydrogens is 272 g/mol. The maximum atomic E-state index is 12.2. The number of carboxylic acid groups (broad SMARTS) is 1. The molecule has 6 nitrogen and oxygen atoms in total. The zero-order valence-electron chi connectivity index (χ0n) is 11.7. The minimum absolute atomic E-state index is 0.0240. The van der Waals surface area contributed by atoms with E-state index in [1.54, 1.807) is 12.1 Å². The molecule has 6 heteroatoms. The summed E-state index contributed by atoms with van der Waals surface area (Å²) < 4.78 is 1.34. The number of carbonyl (C=O) groups is 1. The first-order valence-corrected chi connectivity index (χ1v) is 6.96. The maximum absolute atomic E-state index is 12.2. The minimum atomic E-state index is -1.11. The third kappa shape index (κ3) is 2.16. The number of nitrogens with one attached hydrogen (secondary N) is 1. The SMILES string of the molecule is CCC1(Cn2c(=O)c(=O)[nH]c3cccc(C(=O)O)c32)CC1. The molecule has 2 N–H and O–H groups in total. The van der Waals surface area contributed by atoms with Crippen LogP contribution in [0.1, 0.15) is 36.5 Å². The minimum Gasteiger partial charge on any atom is -0.478 e. The Morgan fingerprint density at radius 3 is 2.67 bits per heavy atom. The van der Waals surface area contributed by atoms with Crippen molar-refractivity contribution in [2.45, 2.75) is 32.7 Å². The summed E-state index contributed by atoms with van der Waals surface area (Å²) in [5, 5.41) is 9.33. The molecule has 110 valence electrons. The number of aromatic carboxylic acids is 1. The highest BCUT2D eigenvalue weighted by atomic mass is 16.4. The van der Waals surface area contributed by atoms with Gasteiger partial charge in [-0.25, -0.2) is 4.79 Å². The lowest BCUT2D eigenvalue weighted by atomic mass is 10.0. The molecule has 1 saturated carbocycles. The second kappa shape index (κ2) is 4.58. The molecule has 3 rings (SSSR count). The molecule has 0 spiro atoms. The van der Waals surface area contributed by atoms with Crippen molar-refractivity contribution in [1.29, 1.82) is 0 Å². The summed E-state index contributed by atoms with van der Waals surface area (Å²) in [6.07, 6.45) is 2.90. The molecule has 1 aromatic heterocycles. The average Bonchev–Trinajstić information content (AvgIpc) is 3.23. The summed E-state index contributed by atoms with van der Waals surface area (Å²) in [5.41, 5.74) is -0.655. The van der Waals surface area contributed by atoms with Gasteiger partial charge < -0.3 is 14.7 Å². The van der Waals surface area contributed by atoms with E-state index in [0.717, 1.165) is 19.3 Å². The molecular formula is C15H16N2O4. The van der Waals surface area contributed by atoms with Crippen LogP contribution in [0.4, 0.5) is 0 Å². The predicted molar refractivity (Wildman–Crippen MR) is 77.7 cm³/mol. The molecule has 1 heterocycles. The second-order valence-electron chi connectivity index (χ2n) is 5.71. The average molecular weight is 288 g/mol. The van der Waals surface area contributed by atoms with Crippen LogP contribution >= 0.6 is 0 Å². The van der Waals surface area contributed by atoms with E-state index in [4.69, 9.17) is 0 Å². The van der Waals surface area contributed by atoms with E-state index < -0.39 is 17.1 Å². The first-order chi connectivity index (χ1) is 9.97. The monoisotopic (exact) mass is 288 g/mol. The van der Waals surface area contributed by atoms with Gasteiger partial charge in [-0.2, -0.15) is 0 Å². The Labute approximate surface area is 120 Å². The molecule has 1 aromatic carbocycles. The number of hydrogen-bond acceptors (Lipinski definition) is 3. The number of H-pyrrole nitrogens is 1. The van der Waals surface area contributed by atoms with Gasteiger partial charge in [0.1, 0.15) is 0 Å². The van der Waals surface area contributed by atoms with Gasteiger partial charge in [0.25, 0.3) is 0 Å². The summed E-state index contributed by atoms with van der Waals surface area (Å²) >= 11 is 0. The summed E-state index contributed by atoms with van der Waals surface area (Å²) in [5.74, 6) is -1.11. The molecule has 1 aliphatic rings. The summed E-state index contributed by atoms with van der Waals surface area (Å²) in [6, 6.07) is 4.62. The molecule has 0 unspecified atom stereocenters. The molecule has 2 aromatic rings. The van der Waals surface area contributed by atoms with E-state index in [2.05, 4.69) is 4.98 Å². The highest BCUT2D eigenvalue weighted by Gasteiger charge is 2.41. The number of rotatable bonds is 4. The zero-order valence-corrected chi connectivity index (χ0v) is 11.7. The van der Waals surface area contributed by atoms with Crippen molar-refractivity contribution in [2.75, 3.05) is 0 Å². The van der Waals surface area contributed by atoms with Gasteiger partial charge in [-0.05, 0) is 36.8 Å². The van der Waals surface area contributed by atoms with Crippen LogP contribution in [0.25, 0.3) is 11.0 Å². The molecule has 0 bridgehead atoms. The molecule has 0 atom stereocenters. The molecule has 0 amide bonds. The largest absolute Gasteiger partial charge is 0.478 e. The summed E-state index contributed by atoms with van der Waals surface area (Å²) in [7, 11) is 0. The van der Waals surface area contributed by atoms with Gasteiger partial charge in [-0.15, -0.1) is 0 Å². The second-order valence-corrected chi connectivity index (χ2v) is 5.71. The normalized spacial score (nSPS) is 16.0. The van der Waals surface area contributed by atoms with Crippen molar-refractivity contribution >= 4 is 17.0 Å². The van der Waals surface area contributed by atoms with Crippen LogP contribution in [0.5, 0.6) is 0 Å². The molecule has 0 radical (unpaired) electrons. The van der Waals surface area contributed by atoms with E-state index in [1.807, 2.05) is 6.92 Å². The number of para-hydroxylation sites is 1. The summed E-state index contributed by atoms with van der Waals surface area (Å²) in [6.45, 7) is 2.44. The Kier molecular flexibility index (Phi) is 2.97. The number of benzene rings is 1. The lowest BCUT2D eigenvalue weighted by Gasteiger charge is -2.17. The standard InChI is InChI=1S/C15H16N2O4/c1-2-15(6-7-15)8-17-11-9(14(20)21)4-3-5-10(11)16-12(18)13(17)19/h3-5H,2,6-8H2,1H3,(H,16,18)(H,20,21). The Morgan fingerprint density at radius 1 is 1.38 bits per heavy atom. The van der Waals surface area contributed by atoms with Crippen molar-refractivity contribution in [3.63, 3.8) is 0 Å². The Balaban J connectivity index is 2.34. The van der Waals surface area contributed by atoms with E-state index in [1.165, 1.54) is 10.6 Å². The topological polar surface area (TPSA) is 92.2 Å². The molecule has 1 aliphatic carbocycles. The highest BCUT2D eigenvalue weighted by Crippen LogP contribution is 2.50. The number of fused-ring (bicyclic) bond motifs is 1. The van der Waals surface area contributed by atoms with Crippen LogP contribution in [0.15, 0.2) is 27.8 Å². The van der Waals surface area contributed by atoms with Crippen molar-refractivity contribution in [1.82, 2.24) is 9.55 Å². The zero-order chi connectivity index (χ0) is 15.2. The van der Waals surface area contributed by atoms with Crippen molar-refractivity contribution < 1.29 is 9.90 Å². The van der Waals surface area contributed by atoms with Crippen LogP contribution in [0, 0.1) is 5.41 Å². The number of nitrogens with zero attached hydrogens (tertiary/aromatic N) is 1. The van der Waals surface area contributed by atoms with E-state index >= 15 is 0 Å². The third-order valence-electron chi connectivity index (χ3n) is 4.42. The maximum Gasteiger partial charge on any atom is 0.337 e. The molecule has 21 heavy (non-hydrogen) atoms. The molecule has 0 aliphatic heterocycles. The van der Waals surface area contributed by atoms with Gasteiger partial charge in [-0.1, -0.05) is 13.0 Å². The fourth-order valence-electron chi connectivity index (χ4n) is 2.79. The van der Waals surface area contributed by atoms with E-state index in [9.17, 15) is 19.5 Å². The molecule has 1 fully saturated rings. The Hall–Kier alpha value is -2.37. The van der Waals surface area contributed by atoms with Crippen molar-refractivity contribution in [2.24, 2.45) is 5.41 Å². The third-order valence-corrected chi connectivity index (χ3v) is 4.42. The van der Waals surface area contributed by atoms with Gasteiger partial charge in [0.15, 0.2) is 0 Å². The van der Waals surface area contributed by atoms with Crippen molar-refractivity contribution in [3.8, 4) is 0 Å². The quantitative estimate of drug-likeness (QED) is 0.835. The van der Waals surface area contributed by atoms with Crippen LogP contribution in [0.3, 0.4) is 0 Å². The first-order valence-electron chi connectivity index (χ1n) is 6.96. The summed E-state index contributed by atoms with van der Waals surface area (Å²) in [4.78, 5) is 37.9. The number of aromatic nitrogens is 2. The van der Waals surface area contributed by atoms with Crippen LogP contribution in [-0.2, 0) is 6.54 Å². The number of carboxylic acids is 1. The van der Waals surface area contributed by atoms with Gasteiger partial charge >= 0.3 is 17.1 Å². The van der Waals surface area contributed by atoms with E-state index in [0.29, 0.717) is 17.6 Å². The van der Waals surface area contributed by atoms with Crippen LogP contribution in [-0.4, -0.2) is 20.6 Å². The number of aromatic amines is 1. The Bertz CT molecular complexity index is 843. The van der Waals surface area contributed by atoms with Gasteiger partial charge in [0.2, 0.25) is 0 Å². The lowest BCUT2D eigenvalue weighted by molar-refractivity contribution is 0.0698.